The van der Waals surface area contributed by atoms with Gasteiger partial charge in [-0.1, -0.05) is 0 Å². The van der Waals surface area contributed by atoms with E-state index >= 15 is 0 Å². The van der Waals surface area contributed by atoms with Gasteiger partial charge in [0.05, 0.1) is 12.1 Å². The highest BCUT2D eigenvalue weighted by atomic mass is 19.3. The fourth-order valence-corrected chi connectivity index (χ4v) is 1.70. The van der Waals surface area contributed by atoms with Crippen molar-refractivity contribution >= 4 is 5.91 Å². The molecule has 1 amide bonds. The molecular weight excluding hydrogens is 190 g/mol. The molecule has 14 heavy (non-hydrogen) atoms. The van der Waals surface area contributed by atoms with E-state index in [0.29, 0.717) is 13.0 Å². The largest absolute Gasteiger partial charge is 0.333 e. The highest BCUT2D eigenvalue weighted by Crippen LogP contribution is 2.22. The Morgan fingerprint density at radius 2 is 2.29 bits per heavy atom. The van der Waals surface area contributed by atoms with Crippen LogP contribution in [-0.2, 0) is 4.79 Å². The first-order valence-corrected chi connectivity index (χ1v) is 4.61. The molecule has 0 spiro atoms. The number of alkyl halides is 2. The van der Waals surface area contributed by atoms with E-state index in [4.69, 9.17) is 5.26 Å². The van der Waals surface area contributed by atoms with Crippen LogP contribution in [0.4, 0.5) is 8.78 Å². The summed E-state index contributed by atoms with van der Waals surface area (Å²) >= 11 is 0. The maximum atomic E-state index is 12.5. The molecular formula is C9H12F2N2O. The number of carbonyl (C=O) groups is 1. The summed E-state index contributed by atoms with van der Waals surface area (Å²) in [6.07, 6.45) is -0.984. The van der Waals surface area contributed by atoms with Crippen LogP contribution in [0.15, 0.2) is 0 Å². The van der Waals surface area contributed by atoms with Gasteiger partial charge in [0.1, 0.15) is 6.42 Å². The zero-order valence-electron chi connectivity index (χ0n) is 7.75. The Balaban J connectivity index is 2.63. The minimum Gasteiger partial charge on any atom is -0.333 e. The van der Waals surface area contributed by atoms with Crippen molar-refractivity contribution in [1.82, 2.24) is 4.90 Å². The summed E-state index contributed by atoms with van der Waals surface area (Å²) in [6.45, 7) is 0.357. The zero-order valence-corrected chi connectivity index (χ0v) is 7.75. The smallest absolute Gasteiger partial charge is 0.258 e. The van der Waals surface area contributed by atoms with E-state index < -0.39 is 18.4 Å². The Labute approximate surface area is 81.3 Å². The van der Waals surface area contributed by atoms with Crippen LogP contribution in [-0.4, -0.2) is 29.8 Å². The minimum absolute atomic E-state index is 0.302. The average molecular weight is 202 g/mol. The van der Waals surface area contributed by atoms with E-state index in [9.17, 15) is 13.6 Å². The van der Waals surface area contributed by atoms with Gasteiger partial charge in [-0.25, -0.2) is 8.78 Å². The summed E-state index contributed by atoms with van der Waals surface area (Å²) < 4.78 is 25.0. The van der Waals surface area contributed by atoms with Crippen LogP contribution in [0.2, 0.25) is 0 Å². The lowest BCUT2D eigenvalue weighted by Gasteiger charge is -2.34. The first kappa shape index (κ1) is 10.9. The average Bonchev–Trinajstić information content (AvgIpc) is 2.18. The summed E-state index contributed by atoms with van der Waals surface area (Å²) in [4.78, 5) is 12.4. The van der Waals surface area contributed by atoms with Gasteiger partial charge in [0.15, 0.2) is 0 Å². The third-order valence-corrected chi connectivity index (χ3v) is 2.39. The van der Waals surface area contributed by atoms with Gasteiger partial charge in [0.25, 0.3) is 6.43 Å². The molecule has 0 saturated carbocycles. The van der Waals surface area contributed by atoms with Crippen molar-refractivity contribution < 1.29 is 13.6 Å². The highest BCUT2D eigenvalue weighted by molar-refractivity contribution is 5.78. The van der Waals surface area contributed by atoms with Crippen molar-refractivity contribution in [3.63, 3.8) is 0 Å². The van der Waals surface area contributed by atoms with E-state index in [-0.39, 0.29) is 6.42 Å². The number of amides is 1. The molecule has 1 aliphatic rings. The second-order valence-corrected chi connectivity index (χ2v) is 3.32. The number of hydrogen-bond donors (Lipinski definition) is 0. The predicted octanol–water partition coefficient (Wildman–Crippen LogP) is 1.55. The van der Waals surface area contributed by atoms with Crippen molar-refractivity contribution in [3.8, 4) is 6.07 Å². The van der Waals surface area contributed by atoms with Gasteiger partial charge >= 0.3 is 0 Å². The topological polar surface area (TPSA) is 44.1 Å². The lowest BCUT2D eigenvalue weighted by Crippen LogP contribution is -2.47. The van der Waals surface area contributed by atoms with Crippen molar-refractivity contribution in [2.75, 3.05) is 6.54 Å². The molecule has 1 atom stereocenters. The van der Waals surface area contributed by atoms with E-state index in [1.807, 2.05) is 0 Å². The molecule has 1 unspecified atom stereocenters. The van der Waals surface area contributed by atoms with Crippen LogP contribution in [0.3, 0.4) is 0 Å². The van der Waals surface area contributed by atoms with Crippen LogP contribution in [0.1, 0.15) is 25.7 Å². The lowest BCUT2D eigenvalue weighted by molar-refractivity contribution is -0.138. The van der Waals surface area contributed by atoms with Gasteiger partial charge in [-0.3, -0.25) is 4.79 Å². The Morgan fingerprint density at radius 3 is 2.86 bits per heavy atom. The summed E-state index contributed by atoms with van der Waals surface area (Å²) in [5, 5.41) is 8.31. The standard InChI is InChI=1S/C9H12F2N2O/c10-9(11)7-3-1-2-6-13(7)8(14)4-5-12/h7,9H,1-4,6H2. The second-order valence-electron chi connectivity index (χ2n) is 3.32. The highest BCUT2D eigenvalue weighted by Gasteiger charge is 2.32. The summed E-state index contributed by atoms with van der Waals surface area (Å²) in [5.74, 6) is -0.475. The Morgan fingerprint density at radius 1 is 1.57 bits per heavy atom. The SMILES string of the molecule is N#CCC(=O)N1CCCCC1C(F)F. The number of hydrogen-bond acceptors (Lipinski definition) is 2. The van der Waals surface area contributed by atoms with Crippen LogP contribution < -0.4 is 0 Å². The number of piperidine rings is 1. The van der Waals surface area contributed by atoms with Gasteiger partial charge in [-0.2, -0.15) is 5.26 Å². The van der Waals surface area contributed by atoms with Crippen LogP contribution in [0.25, 0.3) is 0 Å². The van der Waals surface area contributed by atoms with E-state index in [1.54, 1.807) is 6.07 Å². The first-order chi connectivity index (χ1) is 6.66. The third-order valence-electron chi connectivity index (χ3n) is 2.39. The molecule has 1 heterocycles. The van der Waals surface area contributed by atoms with Crippen LogP contribution in [0.5, 0.6) is 0 Å². The molecule has 1 rings (SSSR count). The number of nitriles is 1. The molecule has 1 fully saturated rings. The van der Waals surface area contributed by atoms with Crippen LogP contribution in [0, 0.1) is 11.3 Å². The Kier molecular flexibility index (Phi) is 3.81. The lowest BCUT2D eigenvalue weighted by atomic mass is 10.0. The summed E-state index contributed by atoms with van der Waals surface area (Å²) in [7, 11) is 0. The minimum atomic E-state index is -2.50. The maximum absolute atomic E-state index is 12.5. The Hall–Kier alpha value is -1.18. The first-order valence-electron chi connectivity index (χ1n) is 4.61. The fourth-order valence-electron chi connectivity index (χ4n) is 1.70. The van der Waals surface area contributed by atoms with Crippen molar-refractivity contribution in [2.45, 2.75) is 38.2 Å². The number of rotatable bonds is 2. The molecule has 0 aromatic rings. The van der Waals surface area contributed by atoms with Gasteiger partial charge in [0, 0.05) is 6.54 Å². The normalized spacial score (nSPS) is 22.1. The van der Waals surface area contributed by atoms with E-state index in [2.05, 4.69) is 0 Å². The molecule has 0 aromatic heterocycles. The molecule has 1 aliphatic heterocycles. The number of likely N-dealkylation sites (tertiary alicyclic amines) is 1. The molecule has 1 saturated heterocycles. The number of nitrogens with zero attached hydrogens (tertiary/aromatic N) is 2. The molecule has 3 nitrogen and oxygen atoms in total. The van der Waals surface area contributed by atoms with Gasteiger partial charge in [0.2, 0.25) is 5.91 Å². The number of halogens is 2. The van der Waals surface area contributed by atoms with Crippen molar-refractivity contribution in [3.05, 3.63) is 0 Å². The Bertz CT molecular complexity index is 250. The van der Waals surface area contributed by atoms with Crippen LogP contribution >= 0.6 is 0 Å². The fraction of sp³-hybridized carbons (Fsp3) is 0.778. The second kappa shape index (κ2) is 4.89. The molecule has 0 aromatic carbocycles. The molecule has 78 valence electrons. The van der Waals surface area contributed by atoms with Gasteiger partial charge < -0.3 is 4.90 Å². The summed E-state index contributed by atoms with van der Waals surface area (Å²) in [6, 6.07) is 0.706. The molecule has 0 bridgehead atoms. The zero-order chi connectivity index (χ0) is 10.6. The van der Waals surface area contributed by atoms with E-state index in [1.165, 1.54) is 0 Å². The van der Waals surface area contributed by atoms with Gasteiger partial charge in [-0.05, 0) is 19.3 Å². The van der Waals surface area contributed by atoms with Crippen molar-refractivity contribution in [2.24, 2.45) is 0 Å². The molecule has 0 radical (unpaired) electrons. The predicted molar refractivity (Wildman–Crippen MR) is 45.6 cm³/mol. The monoisotopic (exact) mass is 202 g/mol. The quantitative estimate of drug-likeness (QED) is 0.681. The van der Waals surface area contributed by atoms with Crippen molar-refractivity contribution in [1.29, 1.82) is 5.26 Å². The van der Waals surface area contributed by atoms with Gasteiger partial charge in [-0.15, -0.1) is 0 Å². The summed E-state index contributed by atoms with van der Waals surface area (Å²) in [5.41, 5.74) is 0. The maximum Gasteiger partial charge on any atom is 0.258 e. The molecule has 0 aliphatic carbocycles. The van der Waals surface area contributed by atoms with E-state index in [0.717, 1.165) is 17.7 Å². The third kappa shape index (κ3) is 2.41. The number of carbonyl (C=O) groups excluding carboxylic acids is 1. The molecule has 5 heteroatoms. The molecule has 0 N–H and O–H groups in total.